The average molecular weight is 297 g/mol. The lowest BCUT2D eigenvalue weighted by molar-refractivity contribution is -0.150. The van der Waals surface area contributed by atoms with Gasteiger partial charge in [-0.1, -0.05) is 32.6 Å². The van der Waals surface area contributed by atoms with E-state index in [9.17, 15) is 9.59 Å². The maximum Gasteiger partial charge on any atom is 0.306 e. The topological polar surface area (TPSA) is 66.8 Å². The molecule has 1 saturated carbocycles. The maximum atomic E-state index is 12.7. The summed E-state index contributed by atoms with van der Waals surface area (Å²) in [5.74, 6) is 0.127. The highest BCUT2D eigenvalue weighted by atomic mass is 16.5. The minimum absolute atomic E-state index is 0.0246. The van der Waals surface area contributed by atoms with Crippen molar-refractivity contribution >= 4 is 11.9 Å². The zero-order valence-corrected chi connectivity index (χ0v) is 12.9. The Morgan fingerprint density at radius 3 is 2.67 bits per heavy atom. The second kappa shape index (κ2) is 7.78. The molecule has 0 aromatic heterocycles. The summed E-state index contributed by atoms with van der Waals surface area (Å²) in [5.41, 5.74) is 0. The van der Waals surface area contributed by atoms with Crippen molar-refractivity contribution in [1.29, 1.82) is 0 Å². The van der Waals surface area contributed by atoms with Gasteiger partial charge in [0.05, 0.1) is 19.1 Å². The molecule has 5 nitrogen and oxygen atoms in total. The lowest BCUT2D eigenvalue weighted by Gasteiger charge is -2.35. The van der Waals surface area contributed by atoms with Gasteiger partial charge in [-0.2, -0.15) is 0 Å². The zero-order valence-electron chi connectivity index (χ0n) is 12.9. The Kier molecular flexibility index (Phi) is 6.03. The van der Waals surface area contributed by atoms with Crippen molar-refractivity contribution in [3.8, 4) is 0 Å². The highest BCUT2D eigenvalue weighted by Crippen LogP contribution is 2.32. The zero-order chi connectivity index (χ0) is 15.2. The van der Waals surface area contributed by atoms with Crippen LogP contribution in [0.15, 0.2) is 0 Å². The van der Waals surface area contributed by atoms with Gasteiger partial charge in [0, 0.05) is 19.0 Å². The number of hydrogen-bond donors (Lipinski definition) is 1. The highest BCUT2D eigenvalue weighted by molar-refractivity contribution is 5.79. The molecule has 2 unspecified atom stereocenters. The molecule has 2 rings (SSSR count). The fourth-order valence-corrected chi connectivity index (χ4v) is 3.59. The van der Waals surface area contributed by atoms with Crippen LogP contribution in [0.5, 0.6) is 0 Å². The van der Waals surface area contributed by atoms with Crippen LogP contribution < -0.4 is 0 Å². The van der Waals surface area contributed by atoms with Crippen molar-refractivity contribution < 1.29 is 19.4 Å². The van der Waals surface area contributed by atoms with Gasteiger partial charge in [-0.05, 0) is 18.8 Å². The van der Waals surface area contributed by atoms with E-state index >= 15 is 0 Å². The molecule has 0 bridgehead atoms. The molecule has 1 saturated heterocycles. The van der Waals surface area contributed by atoms with Crippen LogP contribution in [0.4, 0.5) is 0 Å². The molecule has 120 valence electrons. The number of hydrogen-bond acceptors (Lipinski definition) is 3. The standard InChI is InChI=1S/C16H27NO4/c1-2-13(9-12-5-3-4-6-12)16(20)17-7-8-21-14(11-17)10-15(18)19/h12-14H,2-11H2,1H3,(H,18,19). The summed E-state index contributed by atoms with van der Waals surface area (Å²) in [6.07, 6.45) is 6.60. The number of nitrogens with zero attached hydrogens (tertiary/aromatic N) is 1. The van der Waals surface area contributed by atoms with Gasteiger partial charge >= 0.3 is 5.97 Å². The van der Waals surface area contributed by atoms with E-state index in [1.54, 1.807) is 0 Å². The summed E-state index contributed by atoms with van der Waals surface area (Å²) < 4.78 is 5.44. The van der Waals surface area contributed by atoms with Gasteiger partial charge in [0.25, 0.3) is 0 Å². The second-order valence-electron chi connectivity index (χ2n) is 6.37. The summed E-state index contributed by atoms with van der Waals surface area (Å²) in [6.45, 7) is 3.54. The monoisotopic (exact) mass is 297 g/mol. The number of morpholine rings is 1. The van der Waals surface area contributed by atoms with Crippen molar-refractivity contribution in [2.45, 2.75) is 58.0 Å². The number of amides is 1. The number of carbonyl (C=O) groups is 2. The first-order valence-electron chi connectivity index (χ1n) is 8.22. The smallest absolute Gasteiger partial charge is 0.306 e. The summed E-state index contributed by atoms with van der Waals surface area (Å²) in [7, 11) is 0. The van der Waals surface area contributed by atoms with Crippen LogP contribution in [0, 0.1) is 11.8 Å². The number of carboxylic acid groups (broad SMARTS) is 1. The molecule has 21 heavy (non-hydrogen) atoms. The van der Waals surface area contributed by atoms with E-state index in [0.29, 0.717) is 25.6 Å². The molecule has 0 radical (unpaired) electrons. The molecule has 2 aliphatic rings. The quantitative estimate of drug-likeness (QED) is 0.817. The Morgan fingerprint density at radius 1 is 1.33 bits per heavy atom. The van der Waals surface area contributed by atoms with Crippen LogP contribution in [-0.2, 0) is 14.3 Å². The first-order chi connectivity index (χ1) is 10.1. The fourth-order valence-electron chi connectivity index (χ4n) is 3.59. The maximum absolute atomic E-state index is 12.7. The van der Waals surface area contributed by atoms with Crippen molar-refractivity contribution in [3.63, 3.8) is 0 Å². The molecular weight excluding hydrogens is 270 g/mol. The molecule has 1 N–H and O–H groups in total. The van der Waals surface area contributed by atoms with Gasteiger partial charge in [0.2, 0.25) is 5.91 Å². The molecule has 0 aromatic rings. The molecule has 1 aliphatic carbocycles. The van der Waals surface area contributed by atoms with Crippen molar-refractivity contribution in [2.75, 3.05) is 19.7 Å². The molecule has 2 atom stereocenters. The van der Waals surface area contributed by atoms with E-state index in [2.05, 4.69) is 6.92 Å². The van der Waals surface area contributed by atoms with E-state index in [-0.39, 0.29) is 24.3 Å². The van der Waals surface area contributed by atoms with Crippen LogP contribution >= 0.6 is 0 Å². The fraction of sp³-hybridized carbons (Fsp3) is 0.875. The summed E-state index contributed by atoms with van der Waals surface area (Å²) >= 11 is 0. The van der Waals surface area contributed by atoms with E-state index in [1.807, 2.05) is 4.90 Å². The molecular formula is C16H27NO4. The first kappa shape index (κ1) is 16.3. The first-order valence-corrected chi connectivity index (χ1v) is 8.22. The second-order valence-corrected chi connectivity index (χ2v) is 6.37. The minimum atomic E-state index is -0.868. The lowest BCUT2D eigenvalue weighted by Crippen LogP contribution is -2.48. The van der Waals surface area contributed by atoms with Gasteiger partial charge in [0.15, 0.2) is 0 Å². The van der Waals surface area contributed by atoms with Gasteiger partial charge < -0.3 is 14.7 Å². The Hall–Kier alpha value is -1.10. The third-order valence-electron chi connectivity index (χ3n) is 4.79. The normalized spacial score (nSPS) is 25.0. The minimum Gasteiger partial charge on any atom is -0.481 e. The van der Waals surface area contributed by atoms with Crippen LogP contribution in [-0.4, -0.2) is 47.7 Å². The van der Waals surface area contributed by atoms with Gasteiger partial charge in [0.1, 0.15) is 0 Å². The van der Waals surface area contributed by atoms with Crippen LogP contribution in [0.25, 0.3) is 0 Å². The predicted octanol–water partition coefficient (Wildman–Crippen LogP) is 2.29. The lowest BCUT2D eigenvalue weighted by atomic mass is 9.90. The van der Waals surface area contributed by atoms with Gasteiger partial charge in [-0.25, -0.2) is 0 Å². The largest absolute Gasteiger partial charge is 0.481 e. The Morgan fingerprint density at radius 2 is 2.05 bits per heavy atom. The average Bonchev–Trinajstić information content (AvgIpc) is 2.96. The molecule has 0 spiro atoms. The third-order valence-corrected chi connectivity index (χ3v) is 4.79. The van der Waals surface area contributed by atoms with Gasteiger partial charge in [-0.3, -0.25) is 9.59 Å². The summed E-state index contributed by atoms with van der Waals surface area (Å²) in [4.78, 5) is 25.3. The molecule has 2 fully saturated rings. The third kappa shape index (κ3) is 4.70. The van der Waals surface area contributed by atoms with Crippen LogP contribution in [0.2, 0.25) is 0 Å². The van der Waals surface area contributed by atoms with Crippen molar-refractivity contribution in [1.82, 2.24) is 4.90 Å². The summed E-state index contributed by atoms with van der Waals surface area (Å²) in [5, 5.41) is 8.85. The van der Waals surface area contributed by atoms with E-state index in [4.69, 9.17) is 9.84 Å². The number of ether oxygens (including phenoxy) is 1. The van der Waals surface area contributed by atoms with Crippen LogP contribution in [0.3, 0.4) is 0 Å². The molecule has 1 aliphatic heterocycles. The van der Waals surface area contributed by atoms with E-state index in [0.717, 1.165) is 12.8 Å². The summed E-state index contributed by atoms with van der Waals surface area (Å²) in [6, 6.07) is 0. The molecule has 5 heteroatoms. The molecule has 1 heterocycles. The van der Waals surface area contributed by atoms with Crippen LogP contribution in [0.1, 0.15) is 51.9 Å². The van der Waals surface area contributed by atoms with Gasteiger partial charge in [-0.15, -0.1) is 0 Å². The predicted molar refractivity (Wildman–Crippen MR) is 78.9 cm³/mol. The Labute approximate surface area is 126 Å². The number of aliphatic carboxylic acids is 1. The highest BCUT2D eigenvalue weighted by Gasteiger charge is 2.31. The molecule has 0 aromatic carbocycles. The Balaban J connectivity index is 1.88. The Bertz CT molecular complexity index is 365. The number of carbonyl (C=O) groups excluding carboxylic acids is 1. The number of carboxylic acids is 1. The molecule has 1 amide bonds. The van der Waals surface area contributed by atoms with E-state index < -0.39 is 5.97 Å². The van der Waals surface area contributed by atoms with Crippen molar-refractivity contribution in [3.05, 3.63) is 0 Å². The van der Waals surface area contributed by atoms with Crippen molar-refractivity contribution in [2.24, 2.45) is 11.8 Å². The van der Waals surface area contributed by atoms with E-state index in [1.165, 1.54) is 25.7 Å². The number of rotatable bonds is 6. The SMILES string of the molecule is CCC(CC1CCCC1)C(=O)N1CCOC(CC(=O)O)C1.